The minimum absolute atomic E-state index is 0.304. The lowest BCUT2D eigenvalue weighted by Gasteiger charge is -2.10. The number of hydrogen-bond donors (Lipinski definition) is 1. The molecule has 0 bridgehead atoms. The fraction of sp³-hybridized carbons (Fsp3) is 0.727. The molecule has 0 amide bonds. The average Bonchev–Trinajstić information content (AvgIpc) is 2.50. The Labute approximate surface area is 90.0 Å². The molecular formula is C11H19NOS. The normalized spacial score (nSPS) is 13.5. The molecular weight excluding hydrogens is 194 g/mol. The fourth-order valence-corrected chi connectivity index (χ4v) is 2.30. The molecule has 0 saturated carbocycles. The van der Waals surface area contributed by atoms with Crippen molar-refractivity contribution in [2.45, 2.75) is 46.1 Å². The lowest BCUT2D eigenvalue weighted by molar-refractivity contribution is 0.165. The summed E-state index contributed by atoms with van der Waals surface area (Å²) in [4.78, 5) is 5.18. The highest BCUT2D eigenvalue weighted by Crippen LogP contribution is 2.26. The Bertz CT molecular complexity index is 270. The lowest BCUT2D eigenvalue weighted by Crippen LogP contribution is -1.98. The van der Waals surface area contributed by atoms with Gasteiger partial charge in [-0.15, -0.1) is 11.3 Å². The van der Waals surface area contributed by atoms with Crippen molar-refractivity contribution in [3.05, 3.63) is 16.1 Å². The van der Waals surface area contributed by atoms with E-state index in [0.29, 0.717) is 0 Å². The van der Waals surface area contributed by atoms with Crippen LogP contribution in [0.2, 0.25) is 0 Å². The van der Waals surface area contributed by atoms with Crippen LogP contribution in [-0.2, 0) is 0 Å². The predicted octanol–water partition coefficient (Wildman–Crippen LogP) is 3.31. The monoisotopic (exact) mass is 213 g/mol. The summed E-state index contributed by atoms with van der Waals surface area (Å²) in [6.07, 6.45) is 2.84. The van der Waals surface area contributed by atoms with Crippen LogP contribution in [0, 0.1) is 12.8 Å². The van der Waals surface area contributed by atoms with Crippen molar-refractivity contribution in [3.8, 4) is 0 Å². The molecule has 1 aromatic heterocycles. The Kier molecular flexibility index (Phi) is 4.55. The molecule has 0 aliphatic carbocycles. The van der Waals surface area contributed by atoms with E-state index in [4.69, 9.17) is 0 Å². The number of aliphatic hydroxyl groups excluding tert-OH is 1. The highest BCUT2D eigenvalue weighted by atomic mass is 32.1. The molecule has 0 spiro atoms. The van der Waals surface area contributed by atoms with Gasteiger partial charge in [0.2, 0.25) is 0 Å². The first-order valence-corrected chi connectivity index (χ1v) is 6.07. The molecule has 80 valence electrons. The number of aromatic nitrogens is 1. The van der Waals surface area contributed by atoms with Crippen LogP contribution in [0.5, 0.6) is 0 Å². The second-order valence-electron chi connectivity index (χ2n) is 4.14. The summed E-state index contributed by atoms with van der Waals surface area (Å²) in [5, 5.41) is 9.87. The Hall–Kier alpha value is -0.410. The predicted molar refractivity (Wildman–Crippen MR) is 60.5 cm³/mol. The van der Waals surface area contributed by atoms with Gasteiger partial charge in [-0.3, -0.25) is 0 Å². The van der Waals surface area contributed by atoms with Crippen molar-refractivity contribution >= 4 is 11.3 Å². The van der Waals surface area contributed by atoms with E-state index in [1.807, 2.05) is 6.92 Å². The van der Waals surface area contributed by atoms with Crippen LogP contribution in [-0.4, -0.2) is 10.1 Å². The molecule has 0 fully saturated rings. The minimum Gasteiger partial charge on any atom is -0.388 e. The molecule has 1 unspecified atom stereocenters. The van der Waals surface area contributed by atoms with Gasteiger partial charge in [0.1, 0.15) is 0 Å². The molecule has 0 aliphatic rings. The van der Waals surface area contributed by atoms with Gasteiger partial charge in [0, 0.05) is 0 Å². The largest absolute Gasteiger partial charge is 0.388 e. The second kappa shape index (κ2) is 5.47. The van der Waals surface area contributed by atoms with Gasteiger partial charge >= 0.3 is 0 Å². The summed E-state index contributed by atoms with van der Waals surface area (Å²) in [6.45, 7) is 6.38. The van der Waals surface area contributed by atoms with Crippen LogP contribution in [0.25, 0.3) is 0 Å². The van der Waals surface area contributed by atoms with E-state index in [1.54, 1.807) is 16.8 Å². The van der Waals surface area contributed by atoms with Crippen molar-refractivity contribution in [1.82, 2.24) is 4.98 Å². The first-order valence-electron chi connectivity index (χ1n) is 5.19. The van der Waals surface area contributed by atoms with E-state index >= 15 is 0 Å². The molecule has 3 heteroatoms. The Balaban J connectivity index is 2.36. The van der Waals surface area contributed by atoms with Crippen molar-refractivity contribution in [2.75, 3.05) is 0 Å². The van der Waals surface area contributed by atoms with Crippen LogP contribution in [0.4, 0.5) is 0 Å². The highest BCUT2D eigenvalue weighted by molar-refractivity contribution is 7.09. The van der Waals surface area contributed by atoms with Gasteiger partial charge in [-0.2, -0.15) is 0 Å². The molecule has 0 aliphatic heterocycles. The van der Waals surface area contributed by atoms with Gasteiger partial charge in [-0.05, 0) is 19.3 Å². The molecule has 1 rings (SSSR count). The Morgan fingerprint density at radius 1 is 1.43 bits per heavy atom. The van der Waals surface area contributed by atoms with Crippen molar-refractivity contribution in [3.63, 3.8) is 0 Å². The molecule has 1 N–H and O–H groups in total. The van der Waals surface area contributed by atoms with E-state index in [-0.39, 0.29) is 6.10 Å². The van der Waals surface area contributed by atoms with Gasteiger partial charge in [0.25, 0.3) is 0 Å². The fourth-order valence-electron chi connectivity index (χ4n) is 1.48. The van der Waals surface area contributed by atoms with Crippen molar-refractivity contribution < 1.29 is 5.11 Å². The third-order valence-electron chi connectivity index (χ3n) is 2.34. The highest BCUT2D eigenvalue weighted by Gasteiger charge is 2.12. The SMILES string of the molecule is Cc1ncsc1C(O)CCCC(C)C. The van der Waals surface area contributed by atoms with E-state index < -0.39 is 0 Å². The summed E-state index contributed by atoms with van der Waals surface area (Å²) >= 11 is 1.56. The minimum atomic E-state index is -0.304. The van der Waals surface area contributed by atoms with Crippen LogP contribution < -0.4 is 0 Å². The third kappa shape index (κ3) is 3.39. The first-order chi connectivity index (χ1) is 6.61. The summed E-state index contributed by atoms with van der Waals surface area (Å²) in [7, 11) is 0. The second-order valence-corrected chi connectivity index (χ2v) is 5.03. The summed E-state index contributed by atoms with van der Waals surface area (Å²) in [6, 6.07) is 0. The number of aryl methyl sites for hydroxylation is 1. The summed E-state index contributed by atoms with van der Waals surface area (Å²) in [5.41, 5.74) is 2.78. The van der Waals surface area contributed by atoms with Gasteiger partial charge in [-0.25, -0.2) is 4.98 Å². The smallest absolute Gasteiger partial charge is 0.0900 e. The Morgan fingerprint density at radius 3 is 2.64 bits per heavy atom. The van der Waals surface area contributed by atoms with E-state index in [1.165, 1.54) is 6.42 Å². The number of nitrogens with zero attached hydrogens (tertiary/aromatic N) is 1. The van der Waals surface area contributed by atoms with Crippen molar-refractivity contribution in [2.24, 2.45) is 5.92 Å². The quantitative estimate of drug-likeness (QED) is 0.814. The number of rotatable bonds is 5. The van der Waals surface area contributed by atoms with Crippen molar-refractivity contribution in [1.29, 1.82) is 0 Å². The molecule has 2 nitrogen and oxygen atoms in total. The maximum atomic E-state index is 9.87. The molecule has 0 radical (unpaired) electrons. The summed E-state index contributed by atoms with van der Waals surface area (Å²) < 4.78 is 0. The van der Waals surface area contributed by atoms with Crippen LogP contribution in [0.1, 0.15) is 49.8 Å². The maximum absolute atomic E-state index is 9.87. The molecule has 1 heterocycles. The van der Waals surface area contributed by atoms with Crippen LogP contribution in [0.15, 0.2) is 5.51 Å². The lowest BCUT2D eigenvalue weighted by atomic mass is 10.0. The Morgan fingerprint density at radius 2 is 2.14 bits per heavy atom. The molecule has 1 aromatic rings. The average molecular weight is 213 g/mol. The first kappa shape index (κ1) is 11.7. The third-order valence-corrected chi connectivity index (χ3v) is 3.38. The van der Waals surface area contributed by atoms with Gasteiger partial charge in [0.15, 0.2) is 0 Å². The number of aliphatic hydroxyl groups is 1. The van der Waals surface area contributed by atoms with E-state index in [0.717, 1.165) is 29.3 Å². The molecule has 0 saturated heterocycles. The zero-order valence-corrected chi connectivity index (χ0v) is 9.97. The molecule has 0 aromatic carbocycles. The maximum Gasteiger partial charge on any atom is 0.0900 e. The van der Waals surface area contributed by atoms with Crippen LogP contribution >= 0.6 is 11.3 Å². The topological polar surface area (TPSA) is 33.1 Å². The van der Waals surface area contributed by atoms with E-state index in [2.05, 4.69) is 18.8 Å². The zero-order chi connectivity index (χ0) is 10.6. The van der Waals surface area contributed by atoms with E-state index in [9.17, 15) is 5.11 Å². The van der Waals surface area contributed by atoms with Gasteiger partial charge < -0.3 is 5.11 Å². The summed E-state index contributed by atoms with van der Waals surface area (Å²) in [5.74, 6) is 0.727. The standard InChI is InChI=1S/C11H19NOS/c1-8(2)5-4-6-10(13)11-9(3)12-7-14-11/h7-8,10,13H,4-6H2,1-3H3. The van der Waals surface area contributed by atoms with Crippen LogP contribution in [0.3, 0.4) is 0 Å². The zero-order valence-electron chi connectivity index (χ0n) is 9.16. The number of thiazole rings is 1. The number of hydrogen-bond acceptors (Lipinski definition) is 3. The van der Waals surface area contributed by atoms with Gasteiger partial charge in [0.05, 0.1) is 22.2 Å². The van der Waals surface area contributed by atoms with Gasteiger partial charge in [-0.1, -0.05) is 26.7 Å². The molecule has 1 atom stereocenters. The molecule has 14 heavy (non-hydrogen) atoms.